The second-order valence-electron chi connectivity index (χ2n) is 5.02. The van der Waals surface area contributed by atoms with E-state index in [1.807, 2.05) is 18.3 Å². The van der Waals surface area contributed by atoms with Crippen molar-refractivity contribution in [2.75, 3.05) is 25.0 Å². The molecule has 1 saturated heterocycles. The van der Waals surface area contributed by atoms with Crippen molar-refractivity contribution in [1.29, 1.82) is 0 Å². The summed E-state index contributed by atoms with van der Waals surface area (Å²) in [5.41, 5.74) is 0. The SMILES string of the molecule is CC1CCCCN1CCCNc1ccc(Br)cn1. The normalized spacial score (nSPS) is 20.9. The monoisotopic (exact) mass is 311 g/mol. The van der Waals surface area contributed by atoms with E-state index in [9.17, 15) is 0 Å². The van der Waals surface area contributed by atoms with Crippen LogP contribution in [-0.2, 0) is 0 Å². The Kier molecular flexibility index (Phi) is 5.45. The van der Waals surface area contributed by atoms with Crippen LogP contribution in [0.15, 0.2) is 22.8 Å². The van der Waals surface area contributed by atoms with E-state index in [0.29, 0.717) is 0 Å². The lowest BCUT2D eigenvalue weighted by molar-refractivity contribution is 0.160. The van der Waals surface area contributed by atoms with Gasteiger partial charge in [0.25, 0.3) is 0 Å². The molecule has 1 aromatic rings. The average molecular weight is 312 g/mol. The minimum atomic E-state index is 0.768. The summed E-state index contributed by atoms with van der Waals surface area (Å²) < 4.78 is 1.02. The number of aromatic nitrogens is 1. The number of likely N-dealkylation sites (tertiary alicyclic amines) is 1. The molecular formula is C14H22BrN3. The molecular weight excluding hydrogens is 290 g/mol. The fraction of sp³-hybridized carbons (Fsp3) is 0.643. The van der Waals surface area contributed by atoms with Crippen LogP contribution in [0.2, 0.25) is 0 Å². The van der Waals surface area contributed by atoms with E-state index in [1.54, 1.807) is 0 Å². The Morgan fingerprint density at radius 2 is 2.33 bits per heavy atom. The molecule has 0 bridgehead atoms. The molecule has 2 rings (SSSR count). The van der Waals surface area contributed by atoms with Crippen LogP contribution in [0, 0.1) is 0 Å². The van der Waals surface area contributed by atoms with Crippen LogP contribution in [-0.4, -0.2) is 35.6 Å². The maximum Gasteiger partial charge on any atom is 0.125 e. The highest BCUT2D eigenvalue weighted by Gasteiger charge is 2.16. The van der Waals surface area contributed by atoms with Crippen molar-refractivity contribution in [2.24, 2.45) is 0 Å². The fourth-order valence-electron chi connectivity index (χ4n) is 2.47. The summed E-state index contributed by atoms with van der Waals surface area (Å²) in [4.78, 5) is 6.92. The van der Waals surface area contributed by atoms with E-state index in [-0.39, 0.29) is 0 Å². The number of hydrogen-bond acceptors (Lipinski definition) is 3. The molecule has 1 atom stereocenters. The fourth-order valence-corrected chi connectivity index (χ4v) is 2.70. The van der Waals surface area contributed by atoms with Gasteiger partial charge in [0.2, 0.25) is 0 Å². The molecule has 1 aliphatic heterocycles. The first-order chi connectivity index (χ1) is 8.75. The van der Waals surface area contributed by atoms with Crippen LogP contribution in [0.25, 0.3) is 0 Å². The second-order valence-corrected chi connectivity index (χ2v) is 5.94. The predicted octanol–water partition coefficient (Wildman–Crippen LogP) is 3.52. The third-order valence-electron chi connectivity index (χ3n) is 3.60. The summed E-state index contributed by atoms with van der Waals surface area (Å²) in [5.74, 6) is 0.963. The minimum absolute atomic E-state index is 0.768. The Morgan fingerprint density at radius 1 is 1.44 bits per heavy atom. The average Bonchev–Trinajstić information content (AvgIpc) is 2.39. The molecule has 1 unspecified atom stereocenters. The number of piperidine rings is 1. The third-order valence-corrected chi connectivity index (χ3v) is 4.07. The third kappa shape index (κ3) is 4.25. The van der Waals surface area contributed by atoms with Crippen LogP contribution in [0.1, 0.15) is 32.6 Å². The summed E-state index contributed by atoms with van der Waals surface area (Å²) >= 11 is 3.39. The standard InChI is InChI=1S/C14H22BrN3/c1-12-5-2-3-9-18(12)10-4-8-16-14-7-6-13(15)11-17-14/h6-7,11-12H,2-5,8-10H2,1H3,(H,16,17). The van der Waals surface area contributed by atoms with Gasteiger partial charge >= 0.3 is 0 Å². The molecule has 18 heavy (non-hydrogen) atoms. The van der Waals surface area contributed by atoms with Crippen molar-refractivity contribution in [3.63, 3.8) is 0 Å². The summed E-state index contributed by atoms with van der Waals surface area (Å²) in [6, 6.07) is 4.79. The van der Waals surface area contributed by atoms with Gasteiger partial charge in [0, 0.05) is 29.8 Å². The number of nitrogens with one attached hydrogen (secondary N) is 1. The molecule has 0 amide bonds. The number of nitrogens with zero attached hydrogens (tertiary/aromatic N) is 2. The number of pyridine rings is 1. The summed E-state index contributed by atoms with van der Waals surface area (Å²) in [7, 11) is 0. The van der Waals surface area contributed by atoms with Crippen molar-refractivity contribution >= 4 is 21.7 Å². The Balaban J connectivity index is 1.65. The zero-order chi connectivity index (χ0) is 12.8. The van der Waals surface area contributed by atoms with E-state index >= 15 is 0 Å². The number of anilines is 1. The lowest BCUT2D eigenvalue weighted by Gasteiger charge is -2.33. The lowest BCUT2D eigenvalue weighted by atomic mass is 10.0. The molecule has 3 nitrogen and oxygen atoms in total. The van der Waals surface area contributed by atoms with Gasteiger partial charge in [-0.25, -0.2) is 4.98 Å². The molecule has 1 N–H and O–H groups in total. The summed E-state index contributed by atoms with van der Waals surface area (Å²) in [6.07, 6.45) is 7.14. The second kappa shape index (κ2) is 7.10. The maximum absolute atomic E-state index is 4.31. The Labute approximate surface area is 118 Å². The van der Waals surface area contributed by atoms with Crippen molar-refractivity contribution in [1.82, 2.24) is 9.88 Å². The van der Waals surface area contributed by atoms with Crippen molar-refractivity contribution in [2.45, 2.75) is 38.6 Å². The number of halogens is 1. The van der Waals surface area contributed by atoms with E-state index in [1.165, 1.54) is 38.8 Å². The maximum atomic E-state index is 4.31. The van der Waals surface area contributed by atoms with Gasteiger partial charge in [-0.2, -0.15) is 0 Å². The van der Waals surface area contributed by atoms with Crippen LogP contribution < -0.4 is 5.32 Å². The number of rotatable bonds is 5. The first-order valence-corrected chi connectivity index (χ1v) is 7.64. The van der Waals surface area contributed by atoms with Gasteiger partial charge in [0.05, 0.1) is 0 Å². The van der Waals surface area contributed by atoms with Gasteiger partial charge in [0.1, 0.15) is 5.82 Å². The highest BCUT2D eigenvalue weighted by atomic mass is 79.9. The number of hydrogen-bond donors (Lipinski definition) is 1. The zero-order valence-corrected chi connectivity index (χ0v) is 12.6. The largest absolute Gasteiger partial charge is 0.370 e. The van der Waals surface area contributed by atoms with Crippen molar-refractivity contribution < 1.29 is 0 Å². The molecule has 4 heteroatoms. The van der Waals surface area contributed by atoms with E-state index in [2.05, 4.69) is 38.1 Å². The van der Waals surface area contributed by atoms with Crippen LogP contribution in [0.5, 0.6) is 0 Å². The molecule has 0 aliphatic carbocycles. The van der Waals surface area contributed by atoms with Crippen LogP contribution >= 0.6 is 15.9 Å². The molecule has 1 fully saturated rings. The molecule has 1 aliphatic rings. The molecule has 1 aromatic heterocycles. The first kappa shape index (κ1) is 13.8. The highest BCUT2D eigenvalue weighted by molar-refractivity contribution is 9.10. The summed E-state index contributed by atoms with van der Waals surface area (Å²) in [5, 5.41) is 3.37. The van der Waals surface area contributed by atoms with E-state index in [0.717, 1.165) is 22.9 Å². The molecule has 0 saturated carbocycles. The minimum Gasteiger partial charge on any atom is -0.370 e. The lowest BCUT2D eigenvalue weighted by Crippen LogP contribution is -2.38. The Morgan fingerprint density at radius 3 is 3.06 bits per heavy atom. The van der Waals surface area contributed by atoms with Gasteiger partial charge in [-0.3, -0.25) is 0 Å². The Bertz CT molecular complexity index is 353. The smallest absolute Gasteiger partial charge is 0.125 e. The van der Waals surface area contributed by atoms with Gasteiger partial charge in [-0.05, 0) is 60.8 Å². The summed E-state index contributed by atoms with van der Waals surface area (Å²) in [6.45, 7) is 5.82. The highest BCUT2D eigenvalue weighted by Crippen LogP contribution is 2.16. The van der Waals surface area contributed by atoms with Crippen LogP contribution in [0.3, 0.4) is 0 Å². The van der Waals surface area contributed by atoms with Crippen molar-refractivity contribution in [3.05, 3.63) is 22.8 Å². The first-order valence-electron chi connectivity index (χ1n) is 6.85. The van der Waals surface area contributed by atoms with E-state index in [4.69, 9.17) is 0 Å². The topological polar surface area (TPSA) is 28.2 Å². The molecule has 100 valence electrons. The van der Waals surface area contributed by atoms with Crippen molar-refractivity contribution in [3.8, 4) is 0 Å². The van der Waals surface area contributed by atoms with E-state index < -0.39 is 0 Å². The predicted molar refractivity (Wildman–Crippen MR) is 79.9 cm³/mol. The molecule has 0 aromatic carbocycles. The van der Waals surface area contributed by atoms with Gasteiger partial charge in [-0.15, -0.1) is 0 Å². The Hall–Kier alpha value is -0.610. The molecule has 0 radical (unpaired) electrons. The van der Waals surface area contributed by atoms with Gasteiger partial charge < -0.3 is 10.2 Å². The van der Waals surface area contributed by atoms with Crippen LogP contribution in [0.4, 0.5) is 5.82 Å². The van der Waals surface area contributed by atoms with Gasteiger partial charge in [0.15, 0.2) is 0 Å². The van der Waals surface area contributed by atoms with Gasteiger partial charge in [-0.1, -0.05) is 6.42 Å². The molecule has 0 spiro atoms. The quantitative estimate of drug-likeness (QED) is 0.843. The molecule has 2 heterocycles. The zero-order valence-electron chi connectivity index (χ0n) is 11.0.